The fourth-order valence-corrected chi connectivity index (χ4v) is 4.90. The molecule has 10 nitrogen and oxygen atoms in total. The first-order chi connectivity index (χ1) is 16.7. The zero-order valence-corrected chi connectivity index (χ0v) is 19.4. The molecule has 0 aliphatic carbocycles. The molecule has 1 atom stereocenters. The van der Waals surface area contributed by atoms with Gasteiger partial charge in [0.15, 0.2) is 6.10 Å². The first kappa shape index (κ1) is 23.9. The molecule has 0 saturated carbocycles. The van der Waals surface area contributed by atoms with Gasteiger partial charge in [-0.15, -0.1) is 0 Å². The van der Waals surface area contributed by atoms with Crippen molar-refractivity contribution >= 4 is 39.0 Å². The molecule has 0 fully saturated rings. The van der Waals surface area contributed by atoms with E-state index in [-0.39, 0.29) is 16.1 Å². The number of ether oxygens (including phenoxy) is 1. The van der Waals surface area contributed by atoms with Gasteiger partial charge >= 0.3 is 5.97 Å². The molecule has 4 rings (SSSR count). The molecule has 0 aromatic heterocycles. The monoisotopic (exact) mass is 495 g/mol. The van der Waals surface area contributed by atoms with Crippen LogP contribution in [0.15, 0.2) is 77.7 Å². The number of non-ortho nitro benzene ring substituents is 1. The number of hydrogen-bond donors (Lipinski definition) is 1. The molecule has 1 heterocycles. The Morgan fingerprint density at radius 2 is 1.77 bits per heavy atom. The van der Waals surface area contributed by atoms with E-state index in [9.17, 15) is 28.1 Å². The van der Waals surface area contributed by atoms with Gasteiger partial charge in [-0.3, -0.25) is 19.6 Å². The zero-order valence-electron chi connectivity index (χ0n) is 18.6. The summed E-state index contributed by atoms with van der Waals surface area (Å²) < 4.78 is 33.3. The average Bonchev–Trinajstić information content (AvgIpc) is 3.28. The van der Waals surface area contributed by atoms with Crippen molar-refractivity contribution in [1.82, 2.24) is 0 Å². The van der Waals surface area contributed by atoms with Crippen LogP contribution in [0.3, 0.4) is 0 Å². The lowest BCUT2D eigenvalue weighted by Crippen LogP contribution is -2.39. The van der Waals surface area contributed by atoms with Crippen molar-refractivity contribution in [3.63, 3.8) is 0 Å². The molecule has 35 heavy (non-hydrogen) atoms. The lowest BCUT2D eigenvalue weighted by Gasteiger charge is -2.22. The number of carbonyl (C=O) groups excluding carboxylic acids is 2. The number of nitro benzene ring substituents is 1. The second-order valence-electron chi connectivity index (χ2n) is 7.82. The number of carbonyl (C=O) groups is 2. The Balaban J connectivity index is 1.52. The van der Waals surface area contributed by atoms with Crippen molar-refractivity contribution in [2.24, 2.45) is 0 Å². The molecule has 0 spiro atoms. The molecular weight excluding hydrogens is 474 g/mol. The topological polar surface area (TPSA) is 136 Å². The molecule has 3 aromatic carbocycles. The normalized spacial score (nSPS) is 13.6. The third-order valence-corrected chi connectivity index (χ3v) is 6.88. The molecule has 1 amide bonds. The van der Waals surface area contributed by atoms with E-state index >= 15 is 0 Å². The lowest BCUT2D eigenvalue weighted by molar-refractivity contribution is -0.385. The van der Waals surface area contributed by atoms with Crippen LogP contribution in [0.2, 0.25) is 0 Å². The van der Waals surface area contributed by atoms with E-state index in [0.29, 0.717) is 13.0 Å². The SMILES string of the molecule is CC(OC(=O)c1ccccc1NS(=O)(=O)c1cccc([N+](=O)[O-])c1)C(=O)N1CCc2ccccc21. The van der Waals surface area contributed by atoms with Crippen LogP contribution < -0.4 is 9.62 Å². The summed E-state index contributed by atoms with van der Waals surface area (Å²) in [5.41, 5.74) is 1.21. The highest BCUT2D eigenvalue weighted by Gasteiger charge is 2.30. The summed E-state index contributed by atoms with van der Waals surface area (Å²) in [6.45, 7) is 1.93. The number of nitrogens with one attached hydrogen (secondary N) is 1. The number of sulfonamides is 1. The number of esters is 1. The molecule has 3 aromatic rings. The van der Waals surface area contributed by atoms with E-state index < -0.39 is 38.6 Å². The maximum absolute atomic E-state index is 12.9. The van der Waals surface area contributed by atoms with Gasteiger partial charge in [0.25, 0.3) is 21.6 Å². The van der Waals surface area contributed by atoms with Crippen LogP contribution in [-0.4, -0.2) is 37.9 Å². The highest BCUT2D eigenvalue weighted by atomic mass is 32.2. The zero-order chi connectivity index (χ0) is 25.2. The van der Waals surface area contributed by atoms with Gasteiger partial charge in [0.05, 0.1) is 21.1 Å². The number of para-hydroxylation sites is 2. The number of anilines is 2. The molecule has 1 unspecified atom stereocenters. The summed E-state index contributed by atoms with van der Waals surface area (Å²) in [6.07, 6.45) is -0.416. The smallest absolute Gasteiger partial charge is 0.341 e. The minimum Gasteiger partial charge on any atom is -0.449 e. The van der Waals surface area contributed by atoms with E-state index in [1.54, 1.807) is 4.90 Å². The Kier molecular flexibility index (Phi) is 6.52. The Morgan fingerprint density at radius 1 is 1.06 bits per heavy atom. The average molecular weight is 496 g/mol. The van der Waals surface area contributed by atoms with E-state index in [0.717, 1.165) is 17.3 Å². The summed E-state index contributed by atoms with van der Waals surface area (Å²) in [4.78, 5) is 37.3. The largest absolute Gasteiger partial charge is 0.449 e. The number of amides is 1. The summed E-state index contributed by atoms with van der Waals surface area (Å²) in [6, 6.07) is 17.7. The van der Waals surface area contributed by atoms with E-state index in [1.807, 2.05) is 24.3 Å². The maximum Gasteiger partial charge on any atom is 0.341 e. The van der Waals surface area contributed by atoms with Crippen molar-refractivity contribution in [3.8, 4) is 0 Å². The van der Waals surface area contributed by atoms with Gasteiger partial charge in [-0.25, -0.2) is 13.2 Å². The van der Waals surface area contributed by atoms with Gasteiger partial charge in [-0.05, 0) is 43.2 Å². The van der Waals surface area contributed by atoms with Crippen molar-refractivity contribution in [1.29, 1.82) is 0 Å². The lowest BCUT2D eigenvalue weighted by atomic mass is 10.2. The summed E-state index contributed by atoms with van der Waals surface area (Å²) in [7, 11) is -4.25. The molecule has 11 heteroatoms. The second-order valence-corrected chi connectivity index (χ2v) is 9.50. The third kappa shape index (κ3) is 4.99. The second kappa shape index (κ2) is 9.55. The third-order valence-electron chi connectivity index (χ3n) is 5.51. The number of fused-ring (bicyclic) bond motifs is 1. The highest BCUT2D eigenvalue weighted by Crippen LogP contribution is 2.29. The van der Waals surface area contributed by atoms with Crippen LogP contribution in [-0.2, 0) is 26.0 Å². The van der Waals surface area contributed by atoms with Gasteiger partial charge in [0.1, 0.15) is 0 Å². The summed E-state index contributed by atoms with van der Waals surface area (Å²) >= 11 is 0. The molecule has 0 saturated heterocycles. The van der Waals surface area contributed by atoms with Gasteiger partial charge < -0.3 is 9.64 Å². The van der Waals surface area contributed by atoms with E-state index in [2.05, 4.69) is 4.72 Å². The molecule has 1 aliphatic heterocycles. The van der Waals surface area contributed by atoms with Crippen molar-refractivity contribution in [2.45, 2.75) is 24.3 Å². The minimum absolute atomic E-state index is 0.0878. The Labute approximate surface area is 201 Å². The van der Waals surface area contributed by atoms with Gasteiger partial charge in [0, 0.05) is 24.4 Å². The Bertz CT molecular complexity index is 1420. The van der Waals surface area contributed by atoms with Crippen LogP contribution in [0, 0.1) is 10.1 Å². The highest BCUT2D eigenvalue weighted by molar-refractivity contribution is 7.92. The van der Waals surface area contributed by atoms with Crippen LogP contribution in [0.4, 0.5) is 17.1 Å². The number of benzene rings is 3. The molecule has 180 valence electrons. The molecule has 0 radical (unpaired) electrons. The minimum atomic E-state index is -4.25. The van der Waals surface area contributed by atoms with Gasteiger partial charge in [0.2, 0.25) is 0 Å². The van der Waals surface area contributed by atoms with E-state index in [4.69, 9.17) is 4.74 Å². The van der Waals surface area contributed by atoms with Crippen molar-refractivity contribution in [2.75, 3.05) is 16.2 Å². The van der Waals surface area contributed by atoms with Gasteiger partial charge in [-0.2, -0.15) is 0 Å². The Hall–Kier alpha value is -4.25. The number of hydrogen-bond acceptors (Lipinski definition) is 7. The fraction of sp³-hybridized carbons (Fsp3) is 0.167. The van der Waals surface area contributed by atoms with Crippen molar-refractivity contribution in [3.05, 3.63) is 94.0 Å². The van der Waals surface area contributed by atoms with Crippen LogP contribution in [0.5, 0.6) is 0 Å². The van der Waals surface area contributed by atoms with Crippen LogP contribution >= 0.6 is 0 Å². The summed E-state index contributed by atoms with van der Waals surface area (Å²) in [5.74, 6) is -1.28. The van der Waals surface area contributed by atoms with Crippen molar-refractivity contribution < 1.29 is 27.7 Å². The Morgan fingerprint density at radius 3 is 2.54 bits per heavy atom. The quantitative estimate of drug-likeness (QED) is 0.301. The van der Waals surface area contributed by atoms with Crippen LogP contribution in [0.25, 0.3) is 0 Å². The number of rotatable bonds is 7. The van der Waals surface area contributed by atoms with Crippen LogP contribution in [0.1, 0.15) is 22.8 Å². The first-order valence-corrected chi connectivity index (χ1v) is 12.1. The maximum atomic E-state index is 12.9. The molecule has 1 aliphatic rings. The molecular formula is C24H21N3O7S. The first-order valence-electron chi connectivity index (χ1n) is 10.6. The van der Waals surface area contributed by atoms with Gasteiger partial charge in [-0.1, -0.05) is 36.4 Å². The standard InChI is InChI=1S/C24H21N3O7S/c1-16(23(28)26-14-13-17-7-2-5-12-22(17)26)34-24(29)20-10-3-4-11-21(20)25-35(32,33)19-9-6-8-18(15-19)27(30)31/h2-12,15-16,25H,13-14H2,1H3. The fourth-order valence-electron chi connectivity index (χ4n) is 3.78. The number of nitrogens with zero attached hydrogens (tertiary/aromatic N) is 2. The van der Waals surface area contributed by atoms with E-state index in [1.165, 1.54) is 49.4 Å². The summed E-state index contributed by atoms with van der Waals surface area (Å²) in [5, 5.41) is 11.0. The number of nitro groups is 1. The predicted octanol–water partition coefficient (Wildman–Crippen LogP) is 3.53. The molecule has 0 bridgehead atoms. The molecule has 1 N–H and O–H groups in total. The predicted molar refractivity (Wildman–Crippen MR) is 128 cm³/mol.